The van der Waals surface area contributed by atoms with Crippen molar-refractivity contribution in [2.45, 2.75) is 31.8 Å². The summed E-state index contributed by atoms with van der Waals surface area (Å²) >= 11 is 0. The summed E-state index contributed by atoms with van der Waals surface area (Å²) in [7, 11) is 0. The van der Waals surface area contributed by atoms with Crippen molar-refractivity contribution in [1.82, 2.24) is 5.01 Å². The molecule has 6 heteroatoms. The number of benzene rings is 1. The van der Waals surface area contributed by atoms with E-state index < -0.39 is 0 Å². The molecule has 4 N–H and O–H groups in total. The van der Waals surface area contributed by atoms with Crippen molar-refractivity contribution in [2.75, 3.05) is 36.1 Å². The SMILES string of the molecule is NCC1CCN(c2cc3c(cc2F)CN(N)CN3C2CC2)C1. The van der Waals surface area contributed by atoms with Crippen molar-refractivity contribution >= 4 is 11.4 Å². The molecule has 4 rings (SSSR count). The van der Waals surface area contributed by atoms with E-state index in [1.54, 1.807) is 11.1 Å². The second-order valence-electron chi connectivity index (χ2n) is 6.86. The Morgan fingerprint density at radius 1 is 1.18 bits per heavy atom. The van der Waals surface area contributed by atoms with E-state index in [1.807, 2.05) is 6.07 Å². The fraction of sp³-hybridized carbons (Fsp3) is 0.625. The molecule has 2 aliphatic heterocycles. The van der Waals surface area contributed by atoms with Crippen molar-refractivity contribution in [3.05, 3.63) is 23.5 Å². The van der Waals surface area contributed by atoms with E-state index >= 15 is 0 Å². The number of nitrogens with zero attached hydrogens (tertiary/aromatic N) is 3. The van der Waals surface area contributed by atoms with E-state index in [0.29, 0.717) is 25.0 Å². The molecule has 0 aromatic heterocycles. The van der Waals surface area contributed by atoms with Crippen LogP contribution < -0.4 is 21.4 Å². The van der Waals surface area contributed by atoms with Crippen LogP contribution in [0.1, 0.15) is 24.8 Å². The summed E-state index contributed by atoms with van der Waals surface area (Å²) in [6.45, 7) is 3.78. The van der Waals surface area contributed by atoms with Gasteiger partial charge in [0.2, 0.25) is 0 Å². The first-order valence-electron chi connectivity index (χ1n) is 8.19. The first-order valence-corrected chi connectivity index (χ1v) is 8.19. The minimum Gasteiger partial charge on any atom is -0.369 e. The van der Waals surface area contributed by atoms with Gasteiger partial charge in [-0.25, -0.2) is 9.40 Å². The molecule has 1 aliphatic carbocycles. The molecule has 0 amide bonds. The Bertz CT molecular complexity index is 574. The summed E-state index contributed by atoms with van der Waals surface area (Å²) in [5, 5.41) is 1.76. The predicted octanol–water partition coefficient (Wildman–Crippen LogP) is 1.23. The van der Waals surface area contributed by atoms with Gasteiger partial charge in [0.1, 0.15) is 5.82 Å². The third-order valence-electron chi connectivity index (χ3n) is 5.11. The lowest BCUT2D eigenvalue weighted by Gasteiger charge is -2.37. The highest BCUT2D eigenvalue weighted by Crippen LogP contribution is 2.40. The largest absolute Gasteiger partial charge is 0.369 e. The zero-order valence-electron chi connectivity index (χ0n) is 12.8. The first-order chi connectivity index (χ1) is 10.7. The highest BCUT2D eigenvalue weighted by molar-refractivity contribution is 5.66. The lowest BCUT2D eigenvalue weighted by atomic mass is 10.1. The Morgan fingerprint density at radius 3 is 2.68 bits per heavy atom. The molecule has 22 heavy (non-hydrogen) atoms. The van der Waals surface area contributed by atoms with Gasteiger partial charge in [0.25, 0.3) is 0 Å². The first kappa shape index (κ1) is 14.2. The number of halogens is 1. The van der Waals surface area contributed by atoms with Gasteiger partial charge in [-0.15, -0.1) is 0 Å². The van der Waals surface area contributed by atoms with Crippen LogP contribution in [0.2, 0.25) is 0 Å². The molecular weight excluding hydrogens is 281 g/mol. The second kappa shape index (κ2) is 5.37. The van der Waals surface area contributed by atoms with Gasteiger partial charge in [-0.2, -0.15) is 0 Å². The van der Waals surface area contributed by atoms with E-state index in [0.717, 1.165) is 43.1 Å². The Labute approximate surface area is 130 Å². The summed E-state index contributed by atoms with van der Waals surface area (Å²) in [4.78, 5) is 4.48. The fourth-order valence-corrected chi connectivity index (χ4v) is 3.71. The van der Waals surface area contributed by atoms with Gasteiger partial charge < -0.3 is 15.5 Å². The van der Waals surface area contributed by atoms with Crippen molar-refractivity contribution in [3.8, 4) is 0 Å². The Balaban J connectivity index is 1.68. The predicted molar refractivity (Wildman–Crippen MR) is 85.9 cm³/mol. The van der Waals surface area contributed by atoms with Crippen LogP contribution in [0.15, 0.2) is 12.1 Å². The van der Waals surface area contributed by atoms with Crippen LogP contribution in [-0.4, -0.2) is 37.4 Å². The number of anilines is 2. The topological polar surface area (TPSA) is 61.8 Å². The number of hydrogen-bond acceptors (Lipinski definition) is 5. The smallest absolute Gasteiger partial charge is 0.146 e. The monoisotopic (exact) mass is 305 g/mol. The maximum atomic E-state index is 14.6. The molecule has 2 fully saturated rings. The van der Waals surface area contributed by atoms with Crippen LogP contribution in [0.4, 0.5) is 15.8 Å². The van der Waals surface area contributed by atoms with E-state index in [9.17, 15) is 4.39 Å². The normalized spacial score (nSPS) is 25.7. The molecule has 120 valence electrons. The molecule has 1 aromatic rings. The van der Waals surface area contributed by atoms with Crippen LogP contribution in [0.3, 0.4) is 0 Å². The molecule has 1 atom stereocenters. The average molecular weight is 305 g/mol. The Kier molecular flexibility index (Phi) is 3.47. The molecule has 1 aromatic carbocycles. The van der Waals surface area contributed by atoms with Gasteiger partial charge >= 0.3 is 0 Å². The number of hydrazine groups is 1. The number of nitrogens with two attached hydrogens (primary N) is 2. The summed E-state index contributed by atoms with van der Waals surface area (Å²) < 4.78 is 14.6. The molecule has 1 saturated heterocycles. The maximum absolute atomic E-state index is 14.6. The molecule has 5 nitrogen and oxygen atoms in total. The molecule has 3 aliphatic rings. The van der Waals surface area contributed by atoms with Crippen LogP contribution in [0.5, 0.6) is 0 Å². The van der Waals surface area contributed by atoms with Crippen LogP contribution in [-0.2, 0) is 6.54 Å². The molecule has 0 spiro atoms. The minimum atomic E-state index is -0.137. The minimum absolute atomic E-state index is 0.137. The molecule has 0 bridgehead atoms. The second-order valence-corrected chi connectivity index (χ2v) is 6.86. The summed E-state index contributed by atoms with van der Waals surface area (Å²) in [6, 6.07) is 4.28. The third kappa shape index (κ3) is 2.45. The molecule has 2 heterocycles. The summed E-state index contributed by atoms with van der Waals surface area (Å²) in [5.74, 6) is 6.34. The summed E-state index contributed by atoms with van der Waals surface area (Å²) in [5.41, 5.74) is 8.65. The fourth-order valence-electron chi connectivity index (χ4n) is 3.71. The molecule has 0 radical (unpaired) electrons. The standard InChI is InChI=1S/C16H24FN5/c17-14-5-12-9-21(19)10-22(13-1-2-13)15(12)6-16(14)20-4-3-11(7-18)8-20/h5-6,11,13H,1-4,7-10,18-19H2. The van der Waals surface area contributed by atoms with Gasteiger partial charge in [-0.1, -0.05) is 0 Å². The zero-order chi connectivity index (χ0) is 15.3. The van der Waals surface area contributed by atoms with Gasteiger partial charge in [0.15, 0.2) is 0 Å². The molecule has 1 saturated carbocycles. The van der Waals surface area contributed by atoms with Crippen LogP contribution in [0.25, 0.3) is 0 Å². The lowest BCUT2D eigenvalue weighted by molar-refractivity contribution is 0.258. The maximum Gasteiger partial charge on any atom is 0.146 e. The highest BCUT2D eigenvalue weighted by Gasteiger charge is 2.35. The van der Waals surface area contributed by atoms with Gasteiger partial charge in [0.05, 0.1) is 12.4 Å². The van der Waals surface area contributed by atoms with Crippen molar-refractivity contribution in [2.24, 2.45) is 17.5 Å². The van der Waals surface area contributed by atoms with E-state index in [-0.39, 0.29) is 5.82 Å². The van der Waals surface area contributed by atoms with Crippen molar-refractivity contribution in [3.63, 3.8) is 0 Å². The highest BCUT2D eigenvalue weighted by atomic mass is 19.1. The number of fused-ring (bicyclic) bond motifs is 1. The third-order valence-corrected chi connectivity index (χ3v) is 5.11. The van der Waals surface area contributed by atoms with Gasteiger partial charge in [0, 0.05) is 31.4 Å². The van der Waals surface area contributed by atoms with Crippen LogP contribution >= 0.6 is 0 Å². The quantitative estimate of drug-likeness (QED) is 0.823. The lowest BCUT2D eigenvalue weighted by Crippen LogP contribution is -2.47. The van der Waals surface area contributed by atoms with Crippen molar-refractivity contribution < 1.29 is 4.39 Å². The van der Waals surface area contributed by atoms with E-state index in [4.69, 9.17) is 11.6 Å². The van der Waals surface area contributed by atoms with Gasteiger partial charge in [-0.3, -0.25) is 5.84 Å². The van der Waals surface area contributed by atoms with E-state index in [2.05, 4.69) is 9.80 Å². The molecule has 1 unspecified atom stereocenters. The van der Waals surface area contributed by atoms with Gasteiger partial charge in [-0.05, 0) is 49.4 Å². The van der Waals surface area contributed by atoms with E-state index in [1.165, 1.54) is 12.8 Å². The number of hydrogen-bond donors (Lipinski definition) is 2. The Hall–Kier alpha value is -1.37. The average Bonchev–Trinajstić information content (AvgIpc) is 3.23. The van der Waals surface area contributed by atoms with Crippen LogP contribution in [0, 0.1) is 11.7 Å². The number of rotatable bonds is 3. The zero-order valence-corrected chi connectivity index (χ0v) is 12.8. The molecular formula is C16H24FN5. The summed E-state index contributed by atoms with van der Waals surface area (Å²) in [6.07, 6.45) is 3.47. The van der Waals surface area contributed by atoms with Crippen molar-refractivity contribution in [1.29, 1.82) is 0 Å². The Morgan fingerprint density at radius 2 is 2.00 bits per heavy atom.